The number of likely N-dealkylation sites (tertiary alicyclic amines) is 1. The van der Waals surface area contributed by atoms with Gasteiger partial charge in [-0.25, -0.2) is 0 Å². The van der Waals surface area contributed by atoms with Crippen molar-refractivity contribution in [2.45, 2.75) is 39.2 Å². The normalized spacial score (nSPS) is 14.7. The molecule has 0 atom stereocenters. The second kappa shape index (κ2) is 9.34. The van der Waals surface area contributed by atoms with Gasteiger partial charge in [0, 0.05) is 25.6 Å². The number of aromatic nitrogens is 3. The van der Waals surface area contributed by atoms with Crippen molar-refractivity contribution < 1.29 is 14.3 Å². The molecule has 0 spiro atoms. The number of rotatable bonds is 7. The largest absolute Gasteiger partial charge is 0.493 e. The van der Waals surface area contributed by atoms with Gasteiger partial charge >= 0.3 is 0 Å². The molecule has 2 amide bonds. The second-order valence-electron chi connectivity index (χ2n) is 6.74. The van der Waals surface area contributed by atoms with E-state index in [4.69, 9.17) is 4.74 Å². The molecule has 1 saturated heterocycles. The van der Waals surface area contributed by atoms with Gasteiger partial charge in [-0.05, 0) is 38.8 Å². The van der Waals surface area contributed by atoms with Crippen molar-refractivity contribution in [3.63, 3.8) is 0 Å². The highest BCUT2D eigenvalue weighted by molar-refractivity contribution is 5.98. The van der Waals surface area contributed by atoms with Crippen molar-refractivity contribution in [1.29, 1.82) is 0 Å². The molecule has 150 valence electrons. The molecule has 1 fully saturated rings. The number of benzene rings is 1. The van der Waals surface area contributed by atoms with Crippen molar-refractivity contribution in [3.8, 4) is 5.75 Å². The van der Waals surface area contributed by atoms with Gasteiger partial charge in [-0.3, -0.25) is 9.59 Å². The Morgan fingerprint density at radius 1 is 1.21 bits per heavy atom. The molecule has 8 heteroatoms. The van der Waals surface area contributed by atoms with E-state index in [0.717, 1.165) is 25.2 Å². The van der Waals surface area contributed by atoms with Crippen LogP contribution < -0.4 is 10.1 Å². The summed E-state index contributed by atoms with van der Waals surface area (Å²) in [4.78, 5) is 26.7. The van der Waals surface area contributed by atoms with Gasteiger partial charge in [0.15, 0.2) is 0 Å². The summed E-state index contributed by atoms with van der Waals surface area (Å²) in [5.41, 5.74) is 0.440. The van der Waals surface area contributed by atoms with E-state index in [2.05, 4.69) is 27.0 Å². The van der Waals surface area contributed by atoms with Gasteiger partial charge in [0.25, 0.3) is 5.91 Å². The molecule has 8 nitrogen and oxygen atoms in total. The third kappa shape index (κ3) is 4.49. The Labute approximate surface area is 164 Å². The first-order valence-corrected chi connectivity index (χ1v) is 9.79. The Bertz CT molecular complexity index is 812. The predicted octanol–water partition coefficient (Wildman–Crippen LogP) is 1.83. The number of nitrogens with zero attached hydrogens (tertiary/aromatic N) is 4. The Kier molecular flexibility index (Phi) is 6.62. The van der Waals surface area contributed by atoms with Crippen molar-refractivity contribution in [2.24, 2.45) is 0 Å². The molecule has 1 aromatic carbocycles. The fourth-order valence-corrected chi connectivity index (χ4v) is 3.51. The molecule has 1 aliphatic heterocycles. The zero-order valence-electron chi connectivity index (χ0n) is 16.4. The molecule has 0 aliphatic carbocycles. The molecular weight excluding hydrogens is 358 g/mol. The van der Waals surface area contributed by atoms with Gasteiger partial charge < -0.3 is 19.5 Å². The van der Waals surface area contributed by atoms with E-state index in [-0.39, 0.29) is 18.4 Å². The van der Waals surface area contributed by atoms with Gasteiger partial charge in [-0.15, -0.1) is 10.2 Å². The van der Waals surface area contributed by atoms with Crippen molar-refractivity contribution in [1.82, 2.24) is 25.0 Å². The molecule has 0 radical (unpaired) electrons. The summed E-state index contributed by atoms with van der Waals surface area (Å²) in [5.74, 6) is 1.46. The summed E-state index contributed by atoms with van der Waals surface area (Å²) in [5, 5.41) is 10.9. The average Bonchev–Trinajstić information content (AvgIpc) is 3.21. The number of para-hydroxylation sites is 1. The quantitative estimate of drug-likeness (QED) is 0.785. The Morgan fingerprint density at radius 3 is 2.68 bits per heavy atom. The van der Waals surface area contributed by atoms with Gasteiger partial charge in [0.2, 0.25) is 5.91 Å². The standard InChI is InChI=1S/C20H27N5O3/c1-3-24-14-22-23-19(24)15-9-11-25(12-10-15)18(26)13-21-20(27)16-7-5-6-8-17(16)28-4-2/h5-8,14-15H,3-4,9-13H2,1-2H3,(H,21,27). The maximum absolute atomic E-state index is 12.5. The number of nitrogens with one attached hydrogen (secondary N) is 1. The molecule has 0 unspecified atom stereocenters. The van der Waals surface area contributed by atoms with Crippen LogP contribution in [0.2, 0.25) is 0 Å². The average molecular weight is 385 g/mol. The van der Waals surface area contributed by atoms with Crippen LogP contribution in [0.1, 0.15) is 48.8 Å². The van der Waals surface area contributed by atoms with E-state index in [9.17, 15) is 9.59 Å². The number of ether oxygens (including phenoxy) is 1. The lowest BCUT2D eigenvalue weighted by Crippen LogP contribution is -2.44. The van der Waals surface area contributed by atoms with Gasteiger partial charge in [0.05, 0.1) is 18.7 Å². The van der Waals surface area contributed by atoms with Crippen LogP contribution in [-0.2, 0) is 11.3 Å². The number of amides is 2. The molecule has 1 N–H and O–H groups in total. The summed E-state index contributed by atoms with van der Waals surface area (Å²) in [7, 11) is 0. The number of piperidine rings is 1. The van der Waals surface area contributed by atoms with Crippen LogP contribution in [0.25, 0.3) is 0 Å². The van der Waals surface area contributed by atoms with E-state index in [1.54, 1.807) is 29.4 Å². The van der Waals surface area contributed by atoms with Crippen LogP contribution in [0.5, 0.6) is 5.75 Å². The van der Waals surface area contributed by atoms with E-state index in [1.165, 1.54) is 0 Å². The maximum Gasteiger partial charge on any atom is 0.255 e. The number of hydrogen-bond acceptors (Lipinski definition) is 5. The zero-order valence-corrected chi connectivity index (χ0v) is 16.4. The minimum Gasteiger partial charge on any atom is -0.493 e. The van der Waals surface area contributed by atoms with E-state index < -0.39 is 0 Å². The highest BCUT2D eigenvalue weighted by Gasteiger charge is 2.27. The summed E-state index contributed by atoms with van der Waals surface area (Å²) in [6.07, 6.45) is 3.46. The first kappa shape index (κ1) is 19.9. The SMILES string of the molecule is CCOc1ccccc1C(=O)NCC(=O)N1CCC(c2nncn2CC)CC1. The third-order valence-corrected chi connectivity index (χ3v) is 5.03. The highest BCUT2D eigenvalue weighted by atomic mass is 16.5. The Morgan fingerprint density at radius 2 is 1.96 bits per heavy atom. The number of aryl methyl sites for hydroxylation is 1. The molecule has 0 saturated carbocycles. The topological polar surface area (TPSA) is 89.3 Å². The van der Waals surface area contributed by atoms with E-state index in [1.807, 2.05) is 13.0 Å². The minimum atomic E-state index is -0.302. The van der Waals surface area contributed by atoms with Crippen LogP contribution in [0, 0.1) is 0 Å². The predicted molar refractivity (Wildman–Crippen MR) is 104 cm³/mol. The molecular formula is C20H27N5O3. The number of carbonyl (C=O) groups is 2. The van der Waals surface area contributed by atoms with Gasteiger partial charge in [-0.2, -0.15) is 0 Å². The number of hydrogen-bond donors (Lipinski definition) is 1. The summed E-state index contributed by atoms with van der Waals surface area (Å²) in [6, 6.07) is 7.04. The molecule has 28 heavy (non-hydrogen) atoms. The summed E-state index contributed by atoms with van der Waals surface area (Å²) >= 11 is 0. The third-order valence-electron chi connectivity index (χ3n) is 5.03. The molecule has 1 aromatic heterocycles. The van der Waals surface area contributed by atoms with E-state index in [0.29, 0.717) is 36.9 Å². The van der Waals surface area contributed by atoms with Crippen molar-refractivity contribution >= 4 is 11.8 Å². The van der Waals surface area contributed by atoms with Gasteiger partial charge in [0.1, 0.15) is 17.9 Å². The Balaban J connectivity index is 1.50. The molecule has 0 bridgehead atoms. The Hall–Kier alpha value is -2.90. The fraction of sp³-hybridized carbons (Fsp3) is 0.500. The molecule has 1 aliphatic rings. The first-order valence-electron chi connectivity index (χ1n) is 9.79. The van der Waals surface area contributed by atoms with Crippen molar-refractivity contribution in [3.05, 3.63) is 42.0 Å². The lowest BCUT2D eigenvalue weighted by molar-refractivity contribution is -0.131. The lowest BCUT2D eigenvalue weighted by atomic mass is 9.96. The molecule has 2 heterocycles. The van der Waals surface area contributed by atoms with Crippen LogP contribution in [-0.4, -0.2) is 57.7 Å². The minimum absolute atomic E-state index is 0.0187. The highest BCUT2D eigenvalue weighted by Crippen LogP contribution is 2.26. The monoisotopic (exact) mass is 385 g/mol. The van der Waals surface area contributed by atoms with Crippen LogP contribution in [0.3, 0.4) is 0 Å². The number of carbonyl (C=O) groups excluding carboxylic acids is 2. The van der Waals surface area contributed by atoms with Crippen LogP contribution in [0.4, 0.5) is 0 Å². The molecule has 2 aromatic rings. The molecule has 3 rings (SSSR count). The smallest absolute Gasteiger partial charge is 0.255 e. The van der Waals surface area contributed by atoms with Crippen LogP contribution >= 0.6 is 0 Å². The maximum atomic E-state index is 12.5. The van der Waals surface area contributed by atoms with Gasteiger partial charge in [-0.1, -0.05) is 12.1 Å². The first-order chi connectivity index (χ1) is 13.6. The van der Waals surface area contributed by atoms with E-state index >= 15 is 0 Å². The van der Waals surface area contributed by atoms with Crippen molar-refractivity contribution in [2.75, 3.05) is 26.2 Å². The lowest BCUT2D eigenvalue weighted by Gasteiger charge is -2.31. The summed E-state index contributed by atoms with van der Waals surface area (Å²) in [6.45, 7) is 6.55. The van der Waals surface area contributed by atoms with Crippen LogP contribution in [0.15, 0.2) is 30.6 Å². The fourth-order valence-electron chi connectivity index (χ4n) is 3.51. The zero-order chi connectivity index (χ0) is 19.9. The summed E-state index contributed by atoms with van der Waals surface area (Å²) < 4.78 is 7.53. The second-order valence-corrected chi connectivity index (χ2v) is 6.74.